The van der Waals surface area contributed by atoms with E-state index in [4.69, 9.17) is 9.84 Å². The van der Waals surface area contributed by atoms with Crippen molar-refractivity contribution in [2.75, 3.05) is 26.4 Å². The predicted molar refractivity (Wildman–Crippen MR) is 66.2 cm³/mol. The molecular formula is C11H23NO4S. The third-order valence-corrected chi connectivity index (χ3v) is 5.04. The van der Waals surface area contributed by atoms with Crippen molar-refractivity contribution in [2.24, 2.45) is 5.41 Å². The summed E-state index contributed by atoms with van der Waals surface area (Å²) in [5.41, 5.74) is -0.215. The zero-order chi connectivity index (χ0) is 12.9. The Bertz CT molecular complexity index is 320. The standard InChI is InChI=1S/C11H23NO4S/c1-11(2,5-6-13)9-12-17(14,15)10-3-7-16-8-4-10/h10,12-13H,3-9H2,1-2H3. The maximum Gasteiger partial charge on any atom is 0.214 e. The fourth-order valence-electron chi connectivity index (χ4n) is 1.79. The summed E-state index contributed by atoms with van der Waals surface area (Å²) in [7, 11) is -3.25. The van der Waals surface area contributed by atoms with E-state index in [1.165, 1.54) is 0 Å². The van der Waals surface area contributed by atoms with Gasteiger partial charge in [-0.25, -0.2) is 13.1 Å². The molecule has 0 aromatic carbocycles. The molecule has 0 aliphatic carbocycles. The van der Waals surface area contributed by atoms with Gasteiger partial charge in [-0.1, -0.05) is 13.8 Å². The second-order valence-corrected chi connectivity index (χ2v) is 7.36. The lowest BCUT2D eigenvalue weighted by Crippen LogP contribution is -2.42. The highest BCUT2D eigenvalue weighted by atomic mass is 32.2. The minimum Gasteiger partial charge on any atom is -0.396 e. The Morgan fingerprint density at radius 3 is 2.47 bits per heavy atom. The number of aliphatic hydroxyl groups excluding tert-OH is 1. The van der Waals surface area contributed by atoms with E-state index in [-0.39, 0.29) is 17.3 Å². The Morgan fingerprint density at radius 1 is 1.35 bits per heavy atom. The van der Waals surface area contributed by atoms with Crippen molar-refractivity contribution in [2.45, 2.75) is 38.4 Å². The molecular weight excluding hydrogens is 242 g/mol. The summed E-state index contributed by atoms with van der Waals surface area (Å²) in [6.07, 6.45) is 1.72. The van der Waals surface area contributed by atoms with Crippen molar-refractivity contribution < 1.29 is 18.3 Å². The molecule has 0 spiro atoms. The Labute approximate surface area is 104 Å². The van der Waals surface area contributed by atoms with Crippen molar-refractivity contribution in [3.8, 4) is 0 Å². The van der Waals surface area contributed by atoms with Gasteiger partial charge in [0.2, 0.25) is 10.0 Å². The summed E-state index contributed by atoms with van der Waals surface area (Å²) in [5.74, 6) is 0. The first-order valence-electron chi connectivity index (χ1n) is 6.04. The average molecular weight is 265 g/mol. The highest BCUT2D eigenvalue weighted by molar-refractivity contribution is 7.90. The van der Waals surface area contributed by atoms with E-state index in [9.17, 15) is 8.42 Å². The second kappa shape index (κ2) is 6.13. The van der Waals surface area contributed by atoms with E-state index in [1.54, 1.807) is 0 Å². The number of nitrogens with one attached hydrogen (secondary N) is 1. The number of rotatable bonds is 6. The smallest absolute Gasteiger partial charge is 0.214 e. The van der Waals surface area contributed by atoms with Crippen LogP contribution in [-0.2, 0) is 14.8 Å². The first kappa shape index (κ1) is 14.9. The van der Waals surface area contributed by atoms with Crippen molar-refractivity contribution >= 4 is 10.0 Å². The fraction of sp³-hybridized carbons (Fsp3) is 1.00. The van der Waals surface area contributed by atoms with Crippen LogP contribution in [0.1, 0.15) is 33.1 Å². The molecule has 1 saturated heterocycles. The van der Waals surface area contributed by atoms with Crippen LogP contribution < -0.4 is 4.72 Å². The maximum atomic E-state index is 12.0. The van der Waals surface area contributed by atoms with Gasteiger partial charge in [-0.15, -0.1) is 0 Å². The van der Waals surface area contributed by atoms with Gasteiger partial charge in [-0.05, 0) is 24.7 Å². The third kappa shape index (κ3) is 4.91. The summed E-state index contributed by atoms with van der Waals surface area (Å²) in [4.78, 5) is 0. The molecule has 0 bridgehead atoms. The largest absolute Gasteiger partial charge is 0.396 e. The molecule has 1 fully saturated rings. The molecule has 1 rings (SSSR count). The predicted octanol–water partition coefficient (Wildman–Crippen LogP) is 0.493. The lowest BCUT2D eigenvalue weighted by atomic mass is 9.90. The highest BCUT2D eigenvalue weighted by Gasteiger charge is 2.29. The topological polar surface area (TPSA) is 75.6 Å². The third-order valence-electron chi connectivity index (χ3n) is 3.15. The van der Waals surface area contributed by atoms with Gasteiger partial charge < -0.3 is 9.84 Å². The van der Waals surface area contributed by atoms with E-state index in [0.29, 0.717) is 39.0 Å². The molecule has 1 aliphatic rings. The van der Waals surface area contributed by atoms with Crippen LogP contribution in [0, 0.1) is 5.41 Å². The van der Waals surface area contributed by atoms with Crippen LogP contribution in [0.3, 0.4) is 0 Å². The second-order valence-electron chi connectivity index (χ2n) is 5.32. The summed E-state index contributed by atoms with van der Waals surface area (Å²) in [5, 5.41) is 8.55. The highest BCUT2D eigenvalue weighted by Crippen LogP contribution is 2.20. The van der Waals surface area contributed by atoms with Gasteiger partial charge in [0.15, 0.2) is 0 Å². The number of ether oxygens (including phenoxy) is 1. The van der Waals surface area contributed by atoms with Crippen LogP contribution in [0.15, 0.2) is 0 Å². The van der Waals surface area contributed by atoms with Crippen molar-refractivity contribution in [1.29, 1.82) is 0 Å². The normalized spacial score (nSPS) is 19.5. The number of sulfonamides is 1. The van der Waals surface area contributed by atoms with Crippen LogP contribution in [0.5, 0.6) is 0 Å². The molecule has 6 heteroatoms. The average Bonchev–Trinajstić information content (AvgIpc) is 2.28. The van der Waals surface area contributed by atoms with Gasteiger partial charge in [-0.3, -0.25) is 0 Å². The molecule has 0 radical (unpaired) electrons. The molecule has 1 heterocycles. The monoisotopic (exact) mass is 265 g/mol. The molecule has 5 nitrogen and oxygen atoms in total. The zero-order valence-electron chi connectivity index (χ0n) is 10.6. The van der Waals surface area contributed by atoms with Gasteiger partial charge in [0.25, 0.3) is 0 Å². The molecule has 0 aromatic rings. The number of aliphatic hydroxyl groups is 1. The summed E-state index contributed by atoms with van der Waals surface area (Å²) in [6.45, 7) is 5.36. The summed E-state index contributed by atoms with van der Waals surface area (Å²) in [6, 6.07) is 0. The van der Waals surface area contributed by atoms with Crippen LogP contribution in [0.2, 0.25) is 0 Å². The van der Waals surface area contributed by atoms with Gasteiger partial charge >= 0.3 is 0 Å². The van der Waals surface area contributed by atoms with Gasteiger partial charge in [0, 0.05) is 26.4 Å². The summed E-state index contributed by atoms with van der Waals surface area (Å²) >= 11 is 0. The minimum atomic E-state index is -3.25. The van der Waals surface area contributed by atoms with E-state index < -0.39 is 10.0 Å². The molecule has 0 aromatic heterocycles. The van der Waals surface area contributed by atoms with Gasteiger partial charge in [-0.2, -0.15) is 0 Å². The molecule has 17 heavy (non-hydrogen) atoms. The van der Waals surface area contributed by atoms with Crippen LogP contribution in [0.4, 0.5) is 0 Å². The molecule has 1 aliphatic heterocycles. The first-order chi connectivity index (χ1) is 7.87. The fourth-order valence-corrected chi connectivity index (χ4v) is 3.43. The lowest BCUT2D eigenvalue weighted by molar-refractivity contribution is 0.0980. The SMILES string of the molecule is CC(C)(CCO)CNS(=O)(=O)C1CCOCC1. The Balaban J connectivity index is 2.49. The van der Waals surface area contributed by atoms with E-state index >= 15 is 0 Å². The number of hydrogen-bond acceptors (Lipinski definition) is 4. The van der Waals surface area contributed by atoms with Gasteiger partial charge in [0.05, 0.1) is 5.25 Å². The zero-order valence-corrected chi connectivity index (χ0v) is 11.4. The Hall–Kier alpha value is -0.170. The van der Waals surface area contributed by atoms with Crippen LogP contribution >= 0.6 is 0 Å². The van der Waals surface area contributed by atoms with E-state index in [0.717, 1.165) is 0 Å². The van der Waals surface area contributed by atoms with Gasteiger partial charge in [0.1, 0.15) is 0 Å². The molecule has 2 N–H and O–H groups in total. The molecule has 0 saturated carbocycles. The van der Waals surface area contributed by atoms with E-state index in [2.05, 4.69) is 4.72 Å². The van der Waals surface area contributed by atoms with Crippen LogP contribution in [0.25, 0.3) is 0 Å². The molecule has 102 valence electrons. The van der Waals surface area contributed by atoms with E-state index in [1.807, 2.05) is 13.8 Å². The Morgan fingerprint density at radius 2 is 1.94 bits per heavy atom. The van der Waals surface area contributed by atoms with Crippen molar-refractivity contribution in [3.63, 3.8) is 0 Å². The summed E-state index contributed by atoms with van der Waals surface area (Å²) < 4.78 is 31.8. The minimum absolute atomic E-state index is 0.0754. The molecule has 0 unspecified atom stereocenters. The molecule has 0 amide bonds. The quantitative estimate of drug-likeness (QED) is 0.733. The van der Waals surface area contributed by atoms with Crippen molar-refractivity contribution in [3.05, 3.63) is 0 Å². The van der Waals surface area contributed by atoms with Crippen molar-refractivity contribution in [1.82, 2.24) is 4.72 Å². The molecule has 0 atom stereocenters. The number of hydrogen-bond donors (Lipinski definition) is 2. The lowest BCUT2D eigenvalue weighted by Gasteiger charge is -2.27. The Kier molecular flexibility index (Phi) is 5.37. The first-order valence-corrected chi connectivity index (χ1v) is 7.59. The van der Waals surface area contributed by atoms with Crippen LogP contribution in [-0.4, -0.2) is 45.1 Å². The maximum absolute atomic E-state index is 12.0.